The second-order valence-electron chi connectivity index (χ2n) is 4.45. The van der Waals surface area contributed by atoms with Gasteiger partial charge in [0.15, 0.2) is 0 Å². The van der Waals surface area contributed by atoms with E-state index >= 15 is 0 Å². The molecule has 1 fully saturated rings. The highest BCUT2D eigenvalue weighted by Crippen LogP contribution is 2.15. The molecule has 1 aromatic rings. The third-order valence-electron chi connectivity index (χ3n) is 2.98. The summed E-state index contributed by atoms with van der Waals surface area (Å²) in [4.78, 5) is 22.5. The van der Waals surface area contributed by atoms with Crippen molar-refractivity contribution in [2.45, 2.75) is 12.8 Å². The van der Waals surface area contributed by atoms with Crippen LogP contribution in [0.4, 0.5) is 5.69 Å². The molecule has 2 rings (SSSR count). The van der Waals surface area contributed by atoms with Gasteiger partial charge in [-0.1, -0.05) is 12.1 Å². The molecule has 1 amide bonds. The molecule has 5 nitrogen and oxygen atoms in total. The zero-order valence-electron chi connectivity index (χ0n) is 9.98. The highest BCUT2D eigenvalue weighted by molar-refractivity contribution is 5.93. The van der Waals surface area contributed by atoms with Gasteiger partial charge in [-0.05, 0) is 30.7 Å². The number of carbonyl (C=O) groups excluding carboxylic acids is 1. The molecule has 0 radical (unpaired) electrons. The molecule has 96 valence electrons. The first kappa shape index (κ1) is 12.6. The largest absolute Gasteiger partial charge is 0.481 e. The topological polar surface area (TPSA) is 78.4 Å². The first-order valence-corrected chi connectivity index (χ1v) is 5.97. The number of benzene rings is 1. The van der Waals surface area contributed by atoms with E-state index in [1.807, 2.05) is 0 Å². The van der Waals surface area contributed by atoms with Crippen molar-refractivity contribution >= 4 is 17.6 Å². The van der Waals surface area contributed by atoms with Gasteiger partial charge in [-0.2, -0.15) is 0 Å². The smallest absolute Gasteiger partial charge is 0.307 e. The van der Waals surface area contributed by atoms with Gasteiger partial charge in [0.2, 0.25) is 5.91 Å². The van der Waals surface area contributed by atoms with Gasteiger partial charge in [-0.3, -0.25) is 9.59 Å². The van der Waals surface area contributed by atoms with Gasteiger partial charge >= 0.3 is 5.97 Å². The van der Waals surface area contributed by atoms with Crippen LogP contribution >= 0.6 is 0 Å². The minimum Gasteiger partial charge on any atom is -0.481 e. The van der Waals surface area contributed by atoms with Crippen LogP contribution in [-0.2, 0) is 16.0 Å². The van der Waals surface area contributed by atoms with Gasteiger partial charge in [0, 0.05) is 12.2 Å². The molecule has 0 spiro atoms. The predicted molar refractivity (Wildman–Crippen MR) is 67.4 cm³/mol. The standard InChI is InChI=1S/C13H16N2O3/c16-12(17)7-9-2-1-3-11(6-9)15-13(18)10-4-5-14-8-10/h1-3,6,10,14H,4-5,7-8H2,(H,15,18)(H,16,17). The fourth-order valence-electron chi connectivity index (χ4n) is 2.06. The quantitative estimate of drug-likeness (QED) is 0.738. The van der Waals surface area contributed by atoms with Crippen LogP contribution in [0.1, 0.15) is 12.0 Å². The summed E-state index contributed by atoms with van der Waals surface area (Å²) in [5.74, 6) is -0.876. The van der Waals surface area contributed by atoms with E-state index < -0.39 is 5.97 Å². The lowest BCUT2D eigenvalue weighted by Crippen LogP contribution is -2.24. The van der Waals surface area contributed by atoms with E-state index in [1.54, 1.807) is 24.3 Å². The van der Waals surface area contributed by atoms with Gasteiger partial charge < -0.3 is 15.7 Å². The Hall–Kier alpha value is -1.88. The van der Waals surface area contributed by atoms with Crippen LogP contribution in [0.5, 0.6) is 0 Å². The molecule has 1 atom stereocenters. The van der Waals surface area contributed by atoms with Gasteiger partial charge in [0.05, 0.1) is 12.3 Å². The molecule has 1 heterocycles. The van der Waals surface area contributed by atoms with E-state index in [4.69, 9.17) is 5.11 Å². The first-order valence-electron chi connectivity index (χ1n) is 5.97. The van der Waals surface area contributed by atoms with E-state index in [9.17, 15) is 9.59 Å². The highest BCUT2D eigenvalue weighted by Gasteiger charge is 2.22. The van der Waals surface area contributed by atoms with Crippen LogP contribution in [-0.4, -0.2) is 30.1 Å². The van der Waals surface area contributed by atoms with Crippen molar-refractivity contribution in [2.24, 2.45) is 5.92 Å². The average molecular weight is 248 g/mol. The lowest BCUT2D eigenvalue weighted by Gasteiger charge is -2.10. The van der Waals surface area contributed by atoms with Crippen LogP contribution in [0.2, 0.25) is 0 Å². The third-order valence-corrected chi connectivity index (χ3v) is 2.98. The van der Waals surface area contributed by atoms with Crippen molar-refractivity contribution in [3.05, 3.63) is 29.8 Å². The fourth-order valence-corrected chi connectivity index (χ4v) is 2.06. The van der Waals surface area contributed by atoms with Crippen LogP contribution in [0.15, 0.2) is 24.3 Å². The van der Waals surface area contributed by atoms with Crippen molar-refractivity contribution in [3.63, 3.8) is 0 Å². The summed E-state index contributed by atoms with van der Waals surface area (Å²) in [6, 6.07) is 6.96. The summed E-state index contributed by atoms with van der Waals surface area (Å²) in [6.07, 6.45) is 0.815. The molecule has 5 heteroatoms. The van der Waals surface area contributed by atoms with Crippen molar-refractivity contribution in [1.29, 1.82) is 0 Å². The maximum Gasteiger partial charge on any atom is 0.307 e. The number of carboxylic acid groups (broad SMARTS) is 1. The average Bonchev–Trinajstić information content (AvgIpc) is 2.81. The molecular weight excluding hydrogens is 232 g/mol. The van der Waals surface area contributed by atoms with E-state index in [0.717, 1.165) is 13.0 Å². The molecule has 18 heavy (non-hydrogen) atoms. The van der Waals surface area contributed by atoms with Gasteiger partial charge in [-0.15, -0.1) is 0 Å². The van der Waals surface area contributed by atoms with Crippen LogP contribution in [0.3, 0.4) is 0 Å². The molecule has 0 saturated carbocycles. The Balaban J connectivity index is 2.00. The molecule has 1 unspecified atom stereocenters. The Morgan fingerprint density at radius 2 is 2.28 bits per heavy atom. The summed E-state index contributed by atoms with van der Waals surface area (Å²) in [5.41, 5.74) is 1.34. The minimum atomic E-state index is -0.876. The Morgan fingerprint density at radius 3 is 2.94 bits per heavy atom. The molecule has 3 N–H and O–H groups in total. The number of hydrogen-bond acceptors (Lipinski definition) is 3. The van der Waals surface area contributed by atoms with Crippen molar-refractivity contribution in [3.8, 4) is 0 Å². The first-order chi connectivity index (χ1) is 8.65. The maximum atomic E-state index is 11.9. The number of aliphatic carboxylic acids is 1. The number of nitrogens with one attached hydrogen (secondary N) is 2. The number of carboxylic acids is 1. The number of rotatable bonds is 4. The van der Waals surface area contributed by atoms with E-state index in [-0.39, 0.29) is 18.2 Å². The summed E-state index contributed by atoms with van der Waals surface area (Å²) in [5, 5.41) is 14.7. The molecule has 0 aromatic heterocycles. The zero-order valence-corrected chi connectivity index (χ0v) is 9.98. The molecule has 1 aromatic carbocycles. The Labute approximate surface area is 105 Å². The van der Waals surface area contributed by atoms with Crippen molar-refractivity contribution in [1.82, 2.24) is 5.32 Å². The van der Waals surface area contributed by atoms with Gasteiger partial charge in [0.25, 0.3) is 0 Å². The van der Waals surface area contributed by atoms with Crippen molar-refractivity contribution < 1.29 is 14.7 Å². The second kappa shape index (κ2) is 5.64. The van der Waals surface area contributed by atoms with Crippen molar-refractivity contribution in [2.75, 3.05) is 18.4 Å². The predicted octanol–water partition coefficient (Wildman–Crippen LogP) is 0.862. The Morgan fingerprint density at radius 1 is 1.44 bits per heavy atom. The Kier molecular flexibility index (Phi) is 3.94. The normalized spacial score (nSPS) is 18.6. The van der Waals surface area contributed by atoms with Crippen LogP contribution in [0.25, 0.3) is 0 Å². The molecular formula is C13H16N2O3. The monoisotopic (exact) mass is 248 g/mol. The molecule has 0 aliphatic carbocycles. The zero-order chi connectivity index (χ0) is 13.0. The minimum absolute atomic E-state index is 0.00697. The molecule has 1 aliphatic heterocycles. The Bertz CT molecular complexity index is 453. The lowest BCUT2D eigenvalue weighted by molar-refractivity contribution is -0.136. The molecule has 0 bridgehead atoms. The second-order valence-corrected chi connectivity index (χ2v) is 4.45. The van der Waals surface area contributed by atoms with E-state index in [2.05, 4.69) is 10.6 Å². The van der Waals surface area contributed by atoms with Crippen LogP contribution < -0.4 is 10.6 Å². The van der Waals surface area contributed by atoms with E-state index in [1.165, 1.54) is 0 Å². The summed E-state index contributed by atoms with van der Waals surface area (Å²) in [7, 11) is 0. The van der Waals surface area contributed by atoms with Gasteiger partial charge in [0.1, 0.15) is 0 Å². The number of anilines is 1. The van der Waals surface area contributed by atoms with Crippen LogP contribution in [0, 0.1) is 5.92 Å². The number of hydrogen-bond donors (Lipinski definition) is 3. The van der Waals surface area contributed by atoms with Gasteiger partial charge in [-0.25, -0.2) is 0 Å². The summed E-state index contributed by atoms with van der Waals surface area (Å²) < 4.78 is 0. The molecule has 1 saturated heterocycles. The summed E-state index contributed by atoms with van der Waals surface area (Å²) >= 11 is 0. The fraction of sp³-hybridized carbons (Fsp3) is 0.385. The highest BCUT2D eigenvalue weighted by atomic mass is 16.4. The molecule has 1 aliphatic rings. The third kappa shape index (κ3) is 3.30. The number of amides is 1. The lowest BCUT2D eigenvalue weighted by atomic mass is 10.1. The SMILES string of the molecule is O=C(O)Cc1cccc(NC(=O)C2CCNC2)c1. The maximum absolute atomic E-state index is 11.9. The number of carbonyl (C=O) groups is 2. The van der Waals surface area contributed by atoms with E-state index in [0.29, 0.717) is 17.8 Å². The summed E-state index contributed by atoms with van der Waals surface area (Å²) in [6.45, 7) is 1.58.